The molecule has 0 spiro atoms. The zero-order valence-corrected chi connectivity index (χ0v) is 12.8. The standard InChI is InChI=1S/C15H16BrNO3/c1-2-18-12-6-3-4-7-13(12)19-10-11-20-14-8-5-9-17-15(14)16/h3-9H,2,10-11H2,1H3. The number of hydrogen-bond acceptors (Lipinski definition) is 4. The van der Waals surface area contributed by atoms with Gasteiger partial charge in [0.1, 0.15) is 17.8 Å². The lowest BCUT2D eigenvalue weighted by Gasteiger charge is -2.12. The van der Waals surface area contributed by atoms with Crippen molar-refractivity contribution >= 4 is 15.9 Å². The second-order valence-corrected chi connectivity index (χ2v) is 4.62. The van der Waals surface area contributed by atoms with Crippen LogP contribution in [0.25, 0.3) is 0 Å². The van der Waals surface area contributed by atoms with E-state index >= 15 is 0 Å². The minimum Gasteiger partial charge on any atom is -0.490 e. The molecule has 0 aliphatic heterocycles. The van der Waals surface area contributed by atoms with E-state index < -0.39 is 0 Å². The molecule has 2 rings (SSSR count). The van der Waals surface area contributed by atoms with E-state index in [0.29, 0.717) is 30.2 Å². The second kappa shape index (κ2) is 7.75. The maximum atomic E-state index is 5.67. The Hall–Kier alpha value is -1.75. The van der Waals surface area contributed by atoms with Crippen molar-refractivity contribution in [1.82, 2.24) is 4.98 Å². The Bertz CT molecular complexity index is 548. The average molecular weight is 338 g/mol. The van der Waals surface area contributed by atoms with Crippen molar-refractivity contribution in [1.29, 1.82) is 0 Å². The molecule has 5 heteroatoms. The van der Waals surface area contributed by atoms with Crippen LogP contribution in [-0.2, 0) is 0 Å². The number of pyridine rings is 1. The molecule has 0 atom stereocenters. The van der Waals surface area contributed by atoms with Crippen LogP contribution in [0.3, 0.4) is 0 Å². The molecular formula is C15H16BrNO3. The van der Waals surface area contributed by atoms with E-state index in [1.54, 1.807) is 6.20 Å². The van der Waals surface area contributed by atoms with E-state index in [1.165, 1.54) is 0 Å². The van der Waals surface area contributed by atoms with Crippen LogP contribution < -0.4 is 14.2 Å². The quantitative estimate of drug-likeness (QED) is 0.570. The first kappa shape index (κ1) is 14.7. The lowest BCUT2D eigenvalue weighted by molar-refractivity contribution is 0.207. The van der Waals surface area contributed by atoms with E-state index in [9.17, 15) is 0 Å². The van der Waals surface area contributed by atoms with Gasteiger partial charge in [0.15, 0.2) is 17.2 Å². The molecule has 0 amide bonds. The summed E-state index contributed by atoms with van der Waals surface area (Å²) < 4.78 is 17.4. The van der Waals surface area contributed by atoms with Gasteiger partial charge in [0.2, 0.25) is 0 Å². The molecule has 20 heavy (non-hydrogen) atoms. The van der Waals surface area contributed by atoms with Crippen LogP contribution in [0.1, 0.15) is 6.92 Å². The molecule has 0 bridgehead atoms. The van der Waals surface area contributed by atoms with E-state index in [4.69, 9.17) is 14.2 Å². The highest BCUT2D eigenvalue weighted by Gasteiger charge is 2.04. The Balaban J connectivity index is 1.83. The summed E-state index contributed by atoms with van der Waals surface area (Å²) in [4.78, 5) is 4.09. The summed E-state index contributed by atoms with van der Waals surface area (Å²) in [6, 6.07) is 11.3. The molecular weight excluding hydrogens is 322 g/mol. The first-order valence-corrected chi connectivity index (χ1v) is 7.18. The number of ether oxygens (including phenoxy) is 3. The van der Waals surface area contributed by atoms with Crippen molar-refractivity contribution in [2.45, 2.75) is 6.92 Å². The van der Waals surface area contributed by atoms with E-state index in [2.05, 4.69) is 20.9 Å². The Kier molecular flexibility index (Phi) is 5.68. The van der Waals surface area contributed by atoms with Gasteiger partial charge < -0.3 is 14.2 Å². The second-order valence-electron chi connectivity index (χ2n) is 3.87. The van der Waals surface area contributed by atoms with Crippen molar-refractivity contribution in [2.75, 3.05) is 19.8 Å². The Morgan fingerprint density at radius 3 is 2.15 bits per heavy atom. The molecule has 0 aliphatic carbocycles. The predicted molar refractivity (Wildman–Crippen MR) is 80.5 cm³/mol. The van der Waals surface area contributed by atoms with Gasteiger partial charge in [0.05, 0.1) is 6.61 Å². The molecule has 4 nitrogen and oxygen atoms in total. The summed E-state index contributed by atoms with van der Waals surface area (Å²) in [6.45, 7) is 3.43. The van der Waals surface area contributed by atoms with Crippen molar-refractivity contribution in [3.63, 3.8) is 0 Å². The molecule has 0 radical (unpaired) electrons. The van der Waals surface area contributed by atoms with Crippen LogP contribution in [0.4, 0.5) is 0 Å². The maximum absolute atomic E-state index is 5.67. The van der Waals surface area contributed by atoms with Gasteiger partial charge in [-0.3, -0.25) is 0 Å². The van der Waals surface area contributed by atoms with Crippen LogP contribution in [0.5, 0.6) is 17.2 Å². The van der Waals surface area contributed by atoms with E-state index in [0.717, 1.165) is 11.5 Å². The number of benzene rings is 1. The van der Waals surface area contributed by atoms with Gasteiger partial charge in [0.25, 0.3) is 0 Å². The molecule has 0 saturated heterocycles. The SMILES string of the molecule is CCOc1ccccc1OCCOc1cccnc1Br. The molecule has 0 fully saturated rings. The monoisotopic (exact) mass is 337 g/mol. The van der Waals surface area contributed by atoms with Crippen LogP contribution in [-0.4, -0.2) is 24.8 Å². The zero-order valence-electron chi connectivity index (χ0n) is 11.2. The molecule has 0 N–H and O–H groups in total. The fraction of sp³-hybridized carbons (Fsp3) is 0.267. The third kappa shape index (κ3) is 4.13. The smallest absolute Gasteiger partial charge is 0.161 e. The lowest BCUT2D eigenvalue weighted by atomic mass is 10.3. The molecule has 2 aromatic rings. The van der Waals surface area contributed by atoms with Gasteiger partial charge in [0, 0.05) is 6.20 Å². The molecule has 0 saturated carbocycles. The topological polar surface area (TPSA) is 40.6 Å². The zero-order chi connectivity index (χ0) is 14.2. The minimum atomic E-state index is 0.435. The van der Waals surface area contributed by atoms with Crippen molar-refractivity contribution in [3.8, 4) is 17.2 Å². The Morgan fingerprint density at radius 1 is 0.900 bits per heavy atom. The summed E-state index contributed by atoms with van der Waals surface area (Å²) >= 11 is 3.33. The summed E-state index contributed by atoms with van der Waals surface area (Å²) in [5, 5.41) is 0. The van der Waals surface area contributed by atoms with Gasteiger partial charge in [-0.15, -0.1) is 0 Å². The highest BCUT2D eigenvalue weighted by Crippen LogP contribution is 2.26. The number of para-hydroxylation sites is 2. The van der Waals surface area contributed by atoms with E-state index in [-0.39, 0.29) is 0 Å². The van der Waals surface area contributed by atoms with Gasteiger partial charge in [-0.1, -0.05) is 12.1 Å². The maximum Gasteiger partial charge on any atom is 0.161 e. The number of aromatic nitrogens is 1. The first-order valence-electron chi connectivity index (χ1n) is 6.39. The van der Waals surface area contributed by atoms with Gasteiger partial charge in [-0.2, -0.15) is 0 Å². The van der Waals surface area contributed by atoms with Gasteiger partial charge >= 0.3 is 0 Å². The Labute approximate surface area is 126 Å². The molecule has 1 heterocycles. The normalized spacial score (nSPS) is 10.1. The third-order valence-corrected chi connectivity index (χ3v) is 3.07. The average Bonchev–Trinajstić information content (AvgIpc) is 2.47. The molecule has 106 valence electrons. The highest BCUT2D eigenvalue weighted by atomic mass is 79.9. The number of nitrogens with zero attached hydrogens (tertiary/aromatic N) is 1. The minimum absolute atomic E-state index is 0.435. The highest BCUT2D eigenvalue weighted by molar-refractivity contribution is 9.10. The largest absolute Gasteiger partial charge is 0.490 e. The predicted octanol–water partition coefficient (Wildman–Crippen LogP) is 3.70. The van der Waals surface area contributed by atoms with Crippen LogP contribution >= 0.6 is 15.9 Å². The lowest BCUT2D eigenvalue weighted by Crippen LogP contribution is -2.10. The molecule has 1 aromatic carbocycles. The molecule has 0 unspecified atom stereocenters. The fourth-order valence-electron chi connectivity index (χ4n) is 1.63. The van der Waals surface area contributed by atoms with E-state index in [1.807, 2.05) is 43.3 Å². The first-order chi connectivity index (χ1) is 9.81. The Morgan fingerprint density at radius 2 is 1.50 bits per heavy atom. The summed E-state index contributed by atoms with van der Waals surface area (Å²) in [7, 11) is 0. The number of halogens is 1. The summed E-state index contributed by atoms with van der Waals surface area (Å²) in [5.74, 6) is 2.18. The number of hydrogen-bond donors (Lipinski definition) is 0. The van der Waals surface area contributed by atoms with Gasteiger partial charge in [-0.25, -0.2) is 4.98 Å². The van der Waals surface area contributed by atoms with Crippen molar-refractivity contribution < 1.29 is 14.2 Å². The summed E-state index contributed by atoms with van der Waals surface area (Å²) in [6.07, 6.45) is 1.70. The van der Waals surface area contributed by atoms with Crippen LogP contribution in [0.2, 0.25) is 0 Å². The van der Waals surface area contributed by atoms with Crippen LogP contribution in [0.15, 0.2) is 47.2 Å². The van der Waals surface area contributed by atoms with Crippen molar-refractivity contribution in [3.05, 3.63) is 47.2 Å². The fourth-order valence-corrected chi connectivity index (χ4v) is 1.99. The van der Waals surface area contributed by atoms with Gasteiger partial charge in [-0.05, 0) is 47.1 Å². The van der Waals surface area contributed by atoms with Crippen molar-refractivity contribution in [2.24, 2.45) is 0 Å². The molecule has 1 aromatic heterocycles. The molecule has 0 aliphatic rings. The number of rotatable bonds is 7. The summed E-state index contributed by atoms with van der Waals surface area (Å²) in [5.41, 5.74) is 0. The third-order valence-electron chi connectivity index (χ3n) is 2.47. The van der Waals surface area contributed by atoms with Crippen LogP contribution in [0, 0.1) is 0 Å².